The maximum absolute atomic E-state index is 13.2. The number of amides is 2. The van der Waals surface area contributed by atoms with E-state index < -0.39 is 59.5 Å². The molecule has 1 atom stereocenters. The van der Waals surface area contributed by atoms with Gasteiger partial charge < -0.3 is 20.7 Å². The van der Waals surface area contributed by atoms with Gasteiger partial charge in [-0.1, -0.05) is 13.8 Å². The third-order valence-corrected chi connectivity index (χ3v) is 4.84. The van der Waals surface area contributed by atoms with E-state index in [4.69, 9.17) is 0 Å². The zero-order chi connectivity index (χ0) is 23.8. The monoisotopic (exact) mass is 454 g/mol. The van der Waals surface area contributed by atoms with Crippen LogP contribution >= 0.6 is 0 Å². The highest BCUT2D eigenvalue weighted by Crippen LogP contribution is 2.39. The van der Waals surface area contributed by atoms with E-state index >= 15 is 0 Å². The molecule has 1 aliphatic rings. The maximum Gasteiger partial charge on any atom is 0.475 e. The van der Waals surface area contributed by atoms with Crippen molar-refractivity contribution in [2.75, 3.05) is 0 Å². The summed E-state index contributed by atoms with van der Waals surface area (Å²) in [5.74, 6) is -3.49. The summed E-state index contributed by atoms with van der Waals surface area (Å²) in [5.41, 5.74) is -5.92. The summed E-state index contributed by atoms with van der Waals surface area (Å²) >= 11 is 0. The van der Waals surface area contributed by atoms with Crippen LogP contribution in [0.5, 0.6) is 0 Å². The number of benzene rings is 1. The number of nitrogens with one attached hydrogen (secondary N) is 2. The van der Waals surface area contributed by atoms with Crippen LogP contribution in [0.4, 0.5) is 26.3 Å². The molecule has 1 fully saturated rings. The molecule has 0 radical (unpaired) electrons. The van der Waals surface area contributed by atoms with Gasteiger partial charge in [-0.3, -0.25) is 9.59 Å². The molecule has 0 saturated heterocycles. The summed E-state index contributed by atoms with van der Waals surface area (Å²) in [5, 5.41) is 23.2. The average Bonchev–Trinajstić information content (AvgIpc) is 3.39. The van der Waals surface area contributed by atoms with Gasteiger partial charge in [-0.05, 0) is 43.4 Å². The van der Waals surface area contributed by atoms with Gasteiger partial charge in [0.05, 0.1) is 22.6 Å². The first-order chi connectivity index (χ1) is 14.1. The highest BCUT2D eigenvalue weighted by atomic mass is 19.4. The Hall–Kier alpha value is -2.28. The van der Waals surface area contributed by atoms with E-state index in [2.05, 4.69) is 10.6 Å². The van der Waals surface area contributed by atoms with Crippen molar-refractivity contribution in [3.63, 3.8) is 0 Å². The van der Waals surface area contributed by atoms with E-state index in [0.717, 1.165) is 0 Å². The van der Waals surface area contributed by atoms with Crippen molar-refractivity contribution in [3.8, 4) is 0 Å². The molecule has 1 saturated carbocycles. The van der Waals surface area contributed by atoms with Gasteiger partial charge in [-0.25, -0.2) is 0 Å². The maximum atomic E-state index is 13.2. The topological polar surface area (TPSA) is 98.7 Å². The van der Waals surface area contributed by atoms with Gasteiger partial charge in [0.15, 0.2) is 0 Å². The van der Waals surface area contributed by atoms with Gasteiger partial charge in [0, 0.05) is 0 Å². The van der Waals surface area contributed by atoms with E-state index in [1.807, 2.05) is 0 Å². The van der Waals surface area contributed by atoms with Crippen LogP contribution in [0.1, 0.15) is 54.6 Å². The van der Waals surface area contributed by atoms with Crippen LogP contribution < -0.4 is 10.6 Å². The van der Waals surface area contributed by atoms with Crippen molar-refractivity contribution in [2.45, 2.75) is 56.9 Å². The lowest BCUT2D eigenvalue weighted by Gasteiger charge is -2.24. The van der Waals surface area contributed by atoms with Crippen LogP contribution in [0.15, 0.2) is 18.2 Å². The average molecular weight is 454 g/mol. The minimum atomic E-state index is -5.10. The Balaban J connectivity index is 2.28. The first-order valence-corrected chi connectivity index (χ1v) is 9.35. The summed E-state index contributed by atoms with van der Waals surface area (Å²) < 4.78 is 78.5. The Morgan fingerprint density at radius 2 is 1.68 bits per heavy atom. The molecule has 4 N–H and O–H groups in total. The first kappa shape index (κ1) is 25.0. The second kappa shape index (κ2) is 8.69. The van der Waals surface area contributed by atoms with E-state index in [1.165, 1.54) is 0 Å². The van der Waals surface area contributed by atoms with Crippen molar-refractivity contribution in [2.24, 2.45) is 5.92 Å². The highest BCUT2D eigenvalue weighted by Gasteiger charge is 2.53. The number of hydrogen-bond acceptors (Lipinski definition) is 4. The Morgan fingerprint density at radius 3 is 2.10 bits per heavy atom. The number of carbonyl (C=O) groups is 2. The van der Waals surface area contributed by atoms with E-state index in [-0.39, 0.29) is 43.4 Å². The summed E-state index contributed by atoms with van der Waals surface area (Å²) in [6.07, 6.45) is -9.85. The lowest BCUT2D eigenvalue weighted by atomic mass is 9.75. The van der Waals surface area contributed by atoms with Crippen LogP contribution in [0.2, 0.25) is 0 Å². The lowest BCUT2D eigenvalue weighted by Crippen LogP contribution is -2.55. The summed E-state index contributed by atoms with van der Waals surface area (Å²) in [6.45, 7) is 3.50. The molecule has 1 aromatic rings. The minimum Gasteiger partial charge on any atom is -0.426 e. The van der Waals surface area contributed by atoms with Crippen molar-refractivity contribution in [1.29, 1.82) is 0 Å². The molecule has 2 rings (SSSR count). The fourth-order valence-electron chi connectivity index (χ4n) is 3.04. The largest absolute Gasteiger partial charge is 0.475 e. The number of alkyl halides is 6. The molecule has 13 heteroatoms. The summed E-state index contributed by atoms with van der Waals surface area (Å²) in [7, 11) is -1.92. The fourth-order valence-corrected chi connectivity index (χ4v) is 3.04. The van der Waals surface area contributed by atoms with E-state index in [0.29, 0.717) is 0 Å². The minimum absolute atomic E-state index is 0.0286. The molecule has 31 heavy (non-hydrogen) atoms. The van der Waals surface area contributed by atoms with Gasteiger partial charge in [-0.15, -0.1) is 0 Å². The zero-order valence-corrected chi connectivity index (χ0v) is 16.6. The number of carbonyl (C=O) groups excluding carboxylic acids is 2. The van der Waals surface area contributed by atoms with E-state index in [9.17, 15) is 46.0 Å². The van der Waals surface area contributed by atoms with Crippen molar-refractivity contribution in [3.05, 3.63) is 34.9 Å². The predicted molar refractivity (Wildman–Crippen MR) is 97.5 cm³/mol. The molecule has 0 heterocycles. The SMILES string of the molecule is CC(C)C[C@H](NC(=O)C1(NC(=O)c2cc(C(F)(F)F)ccc2C(F)(F)F)CC1)B(O)O. The van der Waals surface area contributed by atoms with Gasteiger partial charge in [0.25, 0.3) is 5.91 Å². The second-order valence-corrected chi connectivity index (χ2v) is 7.92. The Kier molecular flexibility index (Phi) is 7.01. The zero-order valence-electron chi connectivity index (χ0n) is 16.6. The fraction of sp³-hybridized carbons (Fsp3) is 0.556. The van der Waals surface area contributed by atoms with Crippen LogP contribution in [0.3, 0.4) is 0 Å². The van der Waals surface area contributed by atoms with Gasteiger partial charge in [0.2, 0.25) is 5.91 Å². The number of hydrogen-bond donors (Lipinski definition) is 4. The van der Waals surface area contributed by atoms with Crippen LogP contribution in [-0.4, -0.2) is 40.5 Å². The predicted octanol–water partition coefficient (Wildman–Crippen LogP) is 2.53. The van der Waals surface area contributed by atoms with Gasteiger partial charge in [0.1, 0.15) is 5.54 Å². The normalized spacial score (nSPS) is 16.6. The highest BCUT2D eigenvalue weighted by molar-refractivity contribution is 6.43. The third kappa shape index (κ3) is 6.13. The molecule has 0 unspecified atom stereocenters. The van der Waals surface area contributed by atoms with Crippen LogP contribution in [0, 0.1) is 5.92 Å². The van der Waals surface area contributed by atoms with Crippen molar-refractivity contribution >= 4 is 18.9 Å². The van der Waals surface area contributed by atoms with Crippen molar-refractivity contribution in [1.82, 2.24) is 10.6 Å². The quantitative estimate of drug-likeness (QED) is 0.376. The number of rotatable bonds is 7. The molecular weight excluding hydrogens is 433 g/mol. The Labute approximate surface area is 174 Å². The molecule has 0 aliphatic heterocycles. The summed E-state index contributed by atoms with van der Waals surface area (Å²) in [4.78, 5) is 25.0. The van der Waals surface area contributed by atoms with E-state index in [1.54, 1.807) is 13.8 Å². The first-order valence-electron chi connectivity index (χ1n) is 9.35. The molecule has 0 bridgehead atoms. The van der Waals surface area contributed by atoms with Crippen molar-refractivity contribution < 1.29 is 46.0 Å². The van der Waals surface area contributed by atoms with Gasteiger partial charge >= 0.3 is 19.5 Å². The molecule has 172 valence electrons. The second-order valence-electron chi connectivity index (χ2n) is 7.92. The van der Waals surface area contributed by atoms with Crippen LogP contribution in [-0.2, 0) is 17.1 Å². The Morgan fingerprint density at radius 1 is 1.10 bits per heavy atom. The molecule has 6 nitrogen and oxygen atoms in total. The lowest BCUT2D eigenvalue weighted by molar-refractivity contribution is -0.141. The molecule has 0 aromatic heterocycles. The molecule has 2 amide bonds. The standard InChI is InChI=1S/C18H21BF6N2O4/c1-9(2)7-13(19(30)31)26-15(29)16(5-6-16)27-14(28)11-8-10(17(20,21)22)3-4-12(11)18(23,24)25/h3-4,8-9,13,30-31H,5-7H2,1-2H3,(H,26,29)(H,27,28)/t13-/m0/s1. The number of halogens is 6. The third-order valence-electron chi connectivity index (χ3n) is 4.84. The summed E-state index contributed by atoms with van der Waals surface area (Å²) in [6, 6.07) is 0.474. The smallest absolute Gasteiger partial charge is 0.426 e. The van der Waals surface area contributed by atoms with Gasteiger partial charge in [-0.2, -0.15) is 26.3 Å². The van der Waals surface area contributed by atoms with Crippen LogP contribution in [0.25, 0.3) is 0 Å². The Bertz CT molecular complexity index is 837. The molecule has 1 aromatic carbocycles. The molecule has 1 aliphatic carbocycles. The molecular formula is C18H21BF6N2O4. The molecule has 0 spiro atoms.